The molecule has 0 bridgehead atoms. The number of hydrogen-bond donors (Lipinski definition) is 0. The maximum atomic E-state index is 15.7. The van der Waals surface area contributed by atoms with Crippen molar-refractivity contribution in [2.24, 2.45) is 0 Å². The zero-order chi connectivity index (χ0) is 30.9. The van der Waals surface area contributed by atoms with Crippen LogP contribution in [0.4, 0.5) is 26.3 Å². The van der Waals surface area contributed by atoms with Crippen LogP contribution < -0.4 is 0 Å². The lowest BCUT2D eigenvalue weighted by molar-refractivity contribution is -0.539. The molecule has 0 fully saturated rings. The van der Waals surface area contributed by atoms with E-state index in [1.165, 1.54) is 44.2 Å². The van der Waals surface area contributed by atoms with Gasteiger partial charge in [0.2, 0.25) is 0 Å². The standard InChI is InChI=1S/C30H25F6N2O2S2/c1-14-21(17-9-7-8-10-19(17)41-14)23-24(29(33,34)30(35,36)28(23,31)32)22-15(2)42-20-13-16(11-12-18(20)22)25-37(39)26(3,4)27(5,6)38(25)40/h7-13H,1-6H3. The van der Waals surface area contributed by atoms with Crippen molar-refractivity contribution in [3.63, 3.8) is 0 Å². The van der Waals surface area contributed by atoms with E-state index < -0.39 is 45.6 Å². The SMILES string of the molecule is Cc1sc2ccccc2c1C1=C(c2c(C)sc3cc(C4=[N+]([O-])C(C)(C)C(C)(C)N4[O])ccc23)C(F)(F)C(F)(F)C1(F)F. The first kappa shape index (κ1) is 29.0. The van der Waals surface area contributed by atoms with Crippen molar-refractivity contribution in [3.8, 4) is 0 Å². The molecule has 0 spiro atoms. The number of thiophene rings is 2. The molecule has 4 nitrogen and oxygen atoms in total. The van der Waals surface area contributed by atoms with E-state index in [1.54, 1.807) is 39.8 Å². The van der Waals surface area contributed by atoms with Gasteiger partial charge in [0.25, 0.3) is 0 Å². The molecular weight excluding hydrogens is 598 g/mol. The van der Waals surface area contributed by atoms with Gasteiger partial charge < -0.3 is 5.21 Å². The third kappa shape index (κ3) is 3.31. The summed E-state index contributed by atoms with van der Waals surface area (Å²) in [5.74, 6) is -16.3. The minimum Gasteiger partial charge on any atom is -0.714 e. The maximum absolute atomic E-state index is 15.7. The number of aryl methyl sites for hydroxylation is 2. The molecule has 0 N–H and O–H groups in total. The number of benzene rings is 2. The van der Waals surface area contributed by atoms with E-state index in [1.807, 2.05) is 0 Å². The van der Waals surface area contributed by atoms with Gasteiger partial charge >= 0.3 is 23.6 Å². The highest BCUT2D eigenvalue weighted by Gasteiger charge is 2.80. The Labute approximate surface area is 245 Å². The average molecular weight is 624 g/mol. The van der Waals surface area contributed by atoms with Crippen LogP contribution in [0.25, 0.3) is 31.3 Å². The van der Waals surface area contributed by atoms with E-state index in [4.69, 9.17) is 0 Å². The molecule has 2 aromatic carbocycles. The Bertz CT molecular complexity index is 1880. The molecular formula is C30H25F6N2O2S2. The Hall–Kier alpha value is -3.09. The van der Waals surface area contributed by atoms with Crippen molar-refractivity contribution in [3.05, 3.63) is 74.1 Å². The minimum atomic E-state index is -5.69. The number of alkyl halides is 6. The fourth-order valence-corrected chi connectivity index (χ4v) is 8.06. The number of hydroxylamine groups is 3. The van der Waals surface area contributed by atoms with Crippen molar-refractivity contribution in [1.29, 1.82) is 0 Å². The summed E-state index contributed by atoms with van der Waals surface area (Å²) < 4.78 is 94.5. The lowest BCUT2D eigenvalue weighted by Gasteiger charge is -2.32. The zero-order valence-electron chi connectivity index (χ0n) is 23.3. The van der Waals surface area contributed by atoms with Gasteiger partial charge in [-0.05, 0) is 59.7 Å². The van der Waals surface area contributed by atoms with E-state index in [0.29, 0.717) is 14.5 Å². The molecule has 6 rings (SSSR count). The summed E-state index contributed by atoms with van der Waals surface area (Å²) in [4.78, 5) is 0.334. The van der Waals surface area contributed by atoms with Gasteiger partial charge in [0.05, 0.1) is 5.56 Å². The second-order valence-electron chi connectivity index (χ2n) is 11.8. The van der Waals surface area contributed by atoms with Crippen LogP contribution in [0.2, 0.25) is 0 Å². The number of amidine groups is 1. The molecule has 1 radical (unpaired) electrons. The van der Waals surface area contributed by atoms with Crippen molar-refractivity contribution in [2.75, 3.05) is 0 Å². The molecule has 1 aliphatic carbocycles. The van der Waals surface area contributed by atoms with Crippen molar-refractivity contribution in [2.45, 2.75) is 70.4 Å². The largest absolute Gasteiger partial charge is 0.714 e. The molecule has 221 valence electrons. The van der Waals surface area contributed by atoms with Crippen LogP contribution in [0, 0.1) is 19.1 Å². The molecule has 12 heteroatoms. The van der Waals surface area contributed by atoms with Gasteiger partial charge in [0.15, 0.2) is 5.54 Å². The van der Waals surface area contributed by atoms with Crippen LogP contribution >= 0.6 is 22.7 Å². The summed E-state index contributed by atoms with van der Waals surface area (Å²) in [5.41, 5.74) is -5.54. The Balaban J connectivity index is 1.66. The van der Waals surface area contributed by atoms with Crippen LogP contribution in [-0.4, -0.2) is 44.5 Å². The predicted octanol–water partition coefficient (Wildman–Crippen LogP) is 9.04. The second-order valence-corrected chi connectivity index (χ2v) is 14.3. The molecule has 0 amide bonds. The molecule has 0 unspecified atom stereocenters. The van der Waals surface area contributed by atoms with E-state index in [-0.39, 0.29) is 42.2 Å². The molecule has 42 heavy (non-hydrogen) atoms. The number of nitrogens with zero attached hydrogens (tertiary/aromatic N) is 2. The number of rotatable bonds is 3. The fraction of sp³-hybridized carbons (Fsp3) is 0.367. The van der Waals surface area contributed by atoms with Crippen LogP contribution in [0.3, 0.4) is 0 Å². The highest BCUT2D eigenvalue weighted by Crippen LogP contribution is 2.67. The maximum Gasteiger partial charge on any atom is 0.380 e. The summed E-state index contributed by atoms with van der Waals surface area (Å²) in [6.07, 6.45) is 0. The summed E-state index contributed by atoms with van der Waals surface area (Å²) in [6, 6.07) is 10.4. The van der Waals surface area contributed by atoms with Gasteiger partial charge in [-0.1, -0.05) is 29.3 Å². The predicted molar refractivity (Wildman–Crippen MR) is 153 cm³/mol. The zero-order valence-corrected chi connectivity index (χ0v) is 25.0. The van der Waals surface area contributed by atoms with Gasteiger partial charge in [-0.25, -0.2) is 0 Å². The third-order valence-electron chi connectivity index (χ3n) is 8.96. The molecule has 4 aromatic rings. The van der Waals surface area contributed by atoms with Crippen LogP contribution in [0.5, 0.6) is 0 Å². The normalized spacial score (nSPS) is 22.3. The summed E-state index contributed by atoms with van der Waals surface area (Å²) >= 11 is 2.00. The van der Waals surface area contributed by atoms with E-state index in [9.17, 15) is 10.4 Å². The highest BCUT2D eigenvalue weighted by atomic mass is 32.1. The lowest BCUT2D eigenvalue weighted by Crippen LogP contribution is -2.53. The highest BCUT2D eigenvalue weighted by molar-refractivity contribution is 7.19. The number of fused-ring (bicyclic) bond motifs is 2. The Morgan fingerprint density at radius 2 is 1.26 bits per heavy atom. The second kappa shape index (κ2) is 8.51. The van der Waals surface area contributed by atoms with Gasteiger partial charge in [-0.3, -0.25) is 4.74 Å². The van der Waals surface area contributed by atoms with E-state index in [2.05, 4.69) is 0 Å². The summed E-state index contributed by atoms with van der Waals surface area (Å²) in [6.45, 7) is 9.34. The fourth-order valence-electron chi connectivity index (χ4n) is 5.88. The number of hydrogen-bond acceptors (Lipinski definition) is 4. The molecule has 3 heterocycles. The average Bonchev–Trinajstić information content (AvgIpc) is 3.46. The number of allylic oxidation sites excluding steroid dienone is 2. The van der Waals surface area contributed by atoms with E-state index in [0.717, 1.165) is 22.7 Å². The topological polar surface area (TPSA) is 49.2 Å². The van der Waals surface area contributed by atoms with Crippen molar-refractivity contribution >= 4 is 59.8 Å². The molecule has 0 saturated carbocycles. The Morgan fingerprint density at radius 1 is 0.762 bits per heavy atom. The quantitative estimate of drug-likeness (QED) is 0.130. The van der Waals surface area contributed by atoms with Gasteiger partial charge in [0, 0.05) is 57.4 Å². The van der Waals surface area contributed by atoms with Crippen LogP contribution in [0.1, 0.15) is 54.1 Å². The van der Waals surface area contributed by atoms with Gasteiger partial charge in [0.1, 0.15) is 5.54 Å². The van der Waals surface area contributed by atoms with Crippen molar-refractivity contribution in [1.82, 2.24) is 5.06 Å². The summed E-state index contributed by atoms with van der Waals surface area (Å²) in [5, 5.41) is 27.2. The first-order valence-corrected chi connectivity index (χ1v) is 14.7. The Kier molecular flexibility index (Phi) is 5.88. The summed E-state index contributed by atoms with van der Waals surface area (Å²) in [7, 11) is 0. The van der Waals surface area contributed by atoms with Crippen molar-refractivity contribution < 1.29 is 36.3 Å². The molecule has 0 saturated heterocycles. The molecule has 2 aromatic heterocycles. The lowest BCUT2D eigenvalue weighted by atomic mass is 9.84. The smallest absolute Gasteiger partial charge is 0.380 e. The molecule has 0 atom stereocenters. The molecule has 1 aliphatic heterocycles. The number of halogens is 6. The molecule has 2 aliphatic rings. The van der Waals surface area contributed by atoms with Gasteiger partial charge in [-0.2, -0.15) is 26.3 Å². The monoisotopic (exact) mass is 623 g/mol. The van der Waals surface area contributed by atoms with Gasteiger partial charge in [-0.15, -0.1) is 22.7 Å². The third-order valence-corrected chi connectivity index (χ3v) is 11.1. The first-order valence-electron chi connectivity index (χ1n) is 13.0. The van der Waals surface area contributed by atoms with E-state index >= 15 is 26.3 Å². The first-order chi connectivity index (χ1) is 19.3. The van der Waals surface area contributed by atoms with Crippen LogP contribution in [-0.2, 0) is 5.21 Å². The van der Waals surface area contributed by atoms with Crippen LogP contribution in [0.15, 0.2) is 42.5 Å². The Morgan fingerprint density at radius 3 is 1.79 bits per heavy atom. The minimum absolute atomic E-state index is 0.0473.